The number of hydrogen-bond acceptors (Lipinski definition) is 3. The molecule has 0 spiro atoms. The summed E-state index contributed by atoms with van der Waals surface area (Å²) in [5.41, 5.74) is 0.873. The highest BCUT2D eigenvalue weighted by atomic mass is 16.6. The van der Waals surface area contributed by atoms with E-state index in [0.29, 0.717) is 6.42 Å². The van der Waals surface area contributed by atoms with Crippen LogP contribution in [-0.2, 0) is 14.3 Å². The van der Waals surface area contributed by atoms with Gasteiger partial charge < -0.3 is 9.84 Å². The number of esters is 1. The zero-order chi connectivity index (χ0) is 22.6. The molecule has 174 valence electrons. The van der Waals surface area contributed by atoms with Crippen LogP contribution in [0.1, 0.15) is 109 Å². The van der Waals surface area contributed by atoms with Crippen molar-refractivity contribution in [3.8, 4) is 0 Å². The van der Waals surface area contributed by atoms with Gasteiger partial charge in [0.15, 0.2) is 6.10 Å². The van der Waals surface area contributed by atoms with Gasteiger partial charge in [-0.1, -0.05) is 121 Å². The van der Waals surface area contributed by atoms with Crippen molar-refractivity contribution in [3.63, 3.8) is 0 Å². The van der Waals surface area contributed by atoms with E-state index in [4.69, 9.17) is 4.74 Å². The maximum Gasteiger partial charge on any atom is 0.345 e. The molecule has 0 aromatic heterocycles. The molecule has 0 amide bonds. The molecule has 0 aliphatic heterocycles. The summed E-state index contributed by atoms with van der Waals surface area (Å²) in [7, 11) is 0. The summed E-state index contributed by atoms with van der Waals surface area (Å²) in [5, 5.41) is 9.31. The molecule has 0 aliphatic rings. The van der Waals surface area contributed by atoms with E-state index in [1.165, 1.54) is 76.7 Å². The Morgan fingerprint density at radius 3 is 1.77 bits per heavy atom. The van der Waals surface area contributed by atoms with Gasteiger partial charge in [-0.05, 0) is 24.5 Å². The first-order valence-corrected chi connectivity index (χ1v) is 12.3. The van der Waals surface area contributed by atoms with Gasteiger partial charge in [0.05, 0.1) is 0 Å². The minimum atomic E-state index is -1.07. The van der Waals surface area contributed by atoms with E-state index >= 15 is 0 Å². The zero-order valence-corrected chi connectivity index (χ0v) is 19.4. The second kappa shape index (κ2) is 18.7. The average molecular weight is 431 g/mol. The molecule has 1 N–H and O–H groups in total. The minimum absolute atomic E-state index is 0.373. The Bertz CT molecular complexity index is 609. The number of carbonyl (C=O) groups excluding carboxylic acids is 1. The Hall–Kier alpha value is -2.10. The number of carboxylic acids is 1. The molecule has 0 saturated carbocycles. The van der Waals surface area contributed by atoms with Crippen LogP contribution in [0.3, 0.4) is 0 Å². The van der Waals surface area contributed by atoms with Gasteiger partial charge in [-0.25, -0.2) is 9.59 Å². The van der Waals surface area contributed by atoms with Crippen molar-refractivity contribution in [1.82, 2.24) is 0 Å². The van der Waals surface area contributed by atoms with E-state index in [1.807, 2.05) is 30.3 Å². The molecule has 0 radical (unpaired) electrons. The molecule has 0 saturated heterocycles. The van der Waals surface area contributed by atoms with Crippen LogP contribution in [0.2, 0.25) is 0 Å². The van der Waals surface area contributed by atoms with Gasteiger partial charge in [-0.15, -0.1) is 0 Å². The van der Waals surface area contributed by atoms with E-state index in [1.54, 1.807) is 6.08 Å². The Morgan fingerprint density at radius 1 is 0.806 bits per heavy atom. The van der Waals surface area contributed by atoms with Crippen LogP contribution in [0.15, 0.2) is 36.4 Å². The largest absolute Gasteiger partial charge is 0.479 e. The lowest BCUT2D eigenvalue weighted by atomic mass is 10.0. The molecular formula is C27H42O4. The Kier molecular flexibility index (Phi) is 16.2. The Labute approximate surface area is 189 Å². The van der Waals surface area contributed by atoms with Gasteiger partial charge in [0, 0.05) is 6.08 Å². The van der Waals surface area contributed by atoms with Crippen LogP contribution >= 0.6 is 0 Å². The molecule has 4 nitrogen and oxygen atoms in total. The summed E-state index contributed by atoms with van der Waals surface area (Å²) >= 11 is 0. The van der Waals surface area contributed by atoms with E-state index in [2.05, 4.69) is 6.92 Å². The second-order valence-corrected chi connectivity index (χ2v) is 8.39. The van der Waals surface area contributed by atoms with Gasteiger partial charge >= 0.3 is 11.9 Å². The lowest BCUT2D eigenvalue weighted by molar-refractivity contribution is -0.161. The summed E-state index contributed by atoms with van der Waals surface area (Å²) in [4.78, 5) is 23.3. The van der Waals surface area contributed by atoms with Crippen molar-refractivity contribution in [2.75, 3.05) is 0 Å². The maximum atomic E-state index is 11.9. The van der Waals surface area contributed by atoms with Crippen molar-refractivity contribution in [3.05, 3.63) is 42.0 Å². The first-order valence-electron chi connectivity index (χ1n) is 12.3. The molecule has 0 aliphatic carbocycles. The highest BCUT2D eigenvalue weighted by Crippen LogP contribution is 2.14. The number of ether oxygens (including phenoxy) is 1. The van der Waals surface area contributed by atoms with Gasteiger partial charge in [0.2, 0.25) is 0 Å². The number of carboxylic acid groups (broad SMARTS) is 1. The van der Waals surface area contributed by atoms with E-state index in [9.17, 15) is 14.7 Å². The van der Waals surface area contributed by atoms with Crippen LogP contribution in [0, 0.1) is 0 Å². The van der Waals surface area contributed by atoms with E-state index < -0.39 is 18.0 Å². The number of unbranched alkanes of at least 4 members (excludes halogenated alkanes) is 13. The lowest BCUT2D eigenvalue weighted by Crippen LogP contribution is -2.26. The molecular weight excluding hydrogens is 388 g/mol. The first-order chi connectivity index (χ1) is 15.1. The molecule has 0 heterocycles. The Balaban J connectivity index is 2.04. The third-order valence-electron chi connectivity index (χ3n) is 5.57. The molecule has 1 aromatic carbocycles. The van der Waals surface area contributed by atoms with Gasteiger partial charge in [0.25, 0.3) is 0 Å². The summed E-state index contributed by atoms with van der Waals surface area (Å²) in [6.07, 6.45) is 19.8. The number of benzene rings is 1. The molecule has 0 bridgehead atoms. The molecule has 1 rings (SSSR count). The molecule has 1 atom stereocenters. The SMILES string of the molecule is CCCCCCCCCCCCCCCCC(OC(=O)C=Cc1ccccc1)C(=O)O. The van der Waals surface area contributed by atoms with E-state index in [0.717, 1.165) is 24.8 Å². The van der Waals surface area contributed by atoms with Crippen LogP contribution < -0.4 is 0 Å². The Morgan fingerprint density at radius 2 is 1.29 bits per heavy atom. The molecule has 4 heteroatoms. The summed E-state index contributed by atoms with van der Waals surface area (Å²) in [6, 6.07) is 9.38. The monoisotopic (exact) mass is 430 g/mol. The van der Waals surface area contributed by atoms with Crippen molar-refractivity contribution in [1.29, 1.82) is 0 Å². The van der Waals surface area contributed by atoms with Gasteiger partial charge in [-0.3, -0.25) is 0 Å². The van der Waals surface area contributed by atoms with E-state index in [-0.39, 0.29) is 0 Å². The summed E-state index contributed by atoms with van der Waals surface area (Å²) in [6.45, 7) is 2.26. The fourth-order valence-corrected chi connectivity index (χ4v) is 3.66. The van der Waals surface area contributed by atoms with Crippen molar-refractivity contribution >= 4 is 18.0 Å². The van der Waals surface area contributed by atoms with Crippen LogP contribution in [0.25, 0.3) is 6.08 Å². The van der Waals surface area contributed by atoms with Gasteiger partial charge in [-0.2, -0.15) is 0 Å². The normalized spacial score (nSPS) is 12.2. The highest BCUT2D eigenvalue weighted by Gasteiger charge is 2.20. The smallest absolute Gasteiger partial charge is 0.345 e. The molecule has 0 fully saturated rings. The minimum Gasteiger partial charge on any atom is -0.479 e. The maximum absolute atomic E-state index is 11.9. The lowest BCUT2D eigenvalue weighted by Gasteiger charge is -2.12. The zero-order valence-electron chi connectivity index (χ0n) is 19.4. The third kappa shape index (κ3) is 15.4. The average Bonchev–Trinajstić information content (AvgIpc) is 2.77. The number of hydrogen-bond donors (Lipinski definition) is 1. The quantitative estimate of drug-likeness (QED) is 0.140. The number of rotatable bonds is 19. The van der Waals surface area contributed by atoms with Crippen molar-refractivity contribution < 1.29 is 19.4 Å². The molecule has 1 unspecified atom stereocenters. The number of aliphatic carboxylic acids is 1. The highest BCUT2D eigenvalue weighted by molar-refractivity contribution is 5.89. The third-order valence-corrected chi connectivity index (χ3v) is 5.57. The predicted molar refractivity (Wildman–Crippen MR) is 128 cm³/mol. The van der Waals surface area contributed by atoms with Crippen LogP contribution in [-0.4, -0.2) is 23.1 Å². The van der Waals surface area contributed by atoms with Crippen molar-refractivity contribution in [2.24, 2.45) is 0 Å². The fourth-order valence-electron chi connectivity index (χ4n) is 3.66. The predicted octanol–water partition coefficient (Wildman–Crippen LogP) is 7.57. The standard InChI is InChI=1S/C27H42O4/c1-2-3-4-5-6-7-8-9-10-11-12-13-14-18-21-25(27(29)30)31-26(28)23-22-24-19-16-15-17-20-24/h15-17,19-20,22-23,25H,2-14,18,21H2,1H3,(H,29,30). The second-order valence-electron chi connectivity index (χ2n) is 8.39. The fraction of sp³-hybridized carbons (Fsp3) is 0.630. The number of carbonyl (C=O) groups is 2. The van der Waals surface area contributed by atoms with Crippen molar-refractivity contribution in [2.45, 2.75) is 109 Å². The first kappa shape index (κ1) is 26.9. The molecule has 31 heavy (non-hydrogen) atoms. The summed E-state index contributed by atoms with van der Waals surface area (Å²) < 4.78 is 5.12. The summed E-state index contributed by atoms with van der Waals surface area (Å²) in [5.74, 6) is -1.68. The molecule has 1 aromatic rings. The van der Waals surface area contributed by atoms with Crippen LogP contribution in [0.4, 0.5) is 0 Å². The van der Waals surface area contributed by atoms with Gasteiger partial charge in [0.1, 0.15) is 0 Å². The van der Waals surface area contributed by atoms with Crippen LogP contribution in [0.5, 0.6) is 0 Å². The topological polar surface area (TPSA) is 63.6 Å².